The van der Waals surface area contributed by atoms with E-state index in [0.29, 0.717) is 6.54 Å². The number of halogens is 3. The van der Waals surface area contributed by atoms with Gasteiger partial charge in [0.15, 0.2) is 5.69 Å². The Morgan fingerprint density at radius 1 is 1.21 bits per heavy atom. The van der Waals surface area contributed by atoms with E-state index in [-0.39, 0.29) is 16.9 Å². The Morgan fingerprint density at radius 3 is 2.58 bits per heavy atom. The minimum Gasteiger partial charge on any atom is -0.492 e. The van der Waals surface area contributed by atoms with E-state index < -0.39 is 46.0 Å². The molecule has 3 rings (SSSR count). The van der Waals surface area contributed by atoms with Crippen LogP contribution in [0.25, 0.3) is 11.3 Å². The van der Waals surface area contributed by atoms with E-state index in [4.69, 9.17) is 0 Å². The topological polar surface area (TPSA) is 141 Å². The van der Waals surface area contributed by atoms with Crippen molar-refractivity contribution in [1.82, 2.24) is 29.3 Å². The molecular weight excluding hydrogens is 445 g/mol. The molecule has 0 saturated carbocycles. The molecule has 33 heavy (non-hydrogen) atoms. The minimum absolute atomic E-state index is 0.114. The summed E-state index contributed by atoms with van der Waals surface area (Å²) in [5, 5.41) is 25.2. The third-order valence-electron chi connectivity index (χ3n) is 4.57. The molecule has 0 aliphatic carbocycles. The van der Waals surface area contributed by atoms with E-state index in [2.05, 4.69) is 30.4 Å². The number of aromatic nitrogens is 6. The molecule has 0 amide bonds. The molecule has 14 heteroatoms. The zero-order valence-electron chi connectivity index (χ0n) is 17.6. The van der Waals surface area contributed by atoms with E-state index in [9.17, 15) is 27.9 Å². The lowest BCUT2D eigenvalue weighted by atomic mass is 10.0. The van der Waals surface area contributed by atoms with Crippen molar-refractivity contribution in [2.24, 2.45) is 10.2 Å². The number of nitrogens with zero attached hydrogens (tertiary/aromatic N) is 8. The van der Waals surface area contributed by atoms with Gasteiger partial charge in [-0.15, -0.1) is 20.4 Å². The van der Waals surface area contributed by atoms with Gasteiger partial charge in [0.2, 0.25) is 11.8 Å². The molecule has 0 aliphatic heterocycles. The zero-order valence-corrected chi connectivity index (χ0v) is 17.6. The third kappa shape index (κ3) is 4.78. The summed E-state index contributed by atoms with van der Waals surface area (Å²) in [5.74, 6) is -2.36. The molecule has 0 spiro atoms. The summed E-state index contributed by atoms with van der Waals surface area (Å²) in [6.07, 6.45) is 0.684. The SMILES string of the molecule is CCCCn1cnnc1N=Nc1c(C(F)(F)F)c(-c2cnccn2)c(=O)n(C(=O)CC)c1O. The number of aromatic hydroxyl groups is 1. The van der Waals surface area contributed by atoms with Gasteiger partial charge in [0, 0.05) is 25.4 Å². The molecule has 0 aliphatic rings. The number of pyridine rings is 1. The van der Waals surface area contributed by atoms with Crippen molar-refractivity contribution >= 4 is 17.5 Å². The molecule has 1 N–H and O–H groups in total. The van der Waals surface area contributed by atoms with Crippen molar-refractivity contribution in [2.75, 3.05) is 0 Å². The number of azo groups is 1. The van der Waals surface area contributed by atoms with E-state index in [0.717, 1.165) is 25.2 Å². The van der Waals surface area contributed by atoms with Gasteiger partial charge in [0.05, 0.1) is 17.5 Å². The molecule has 3 aromatic heterocycles. The van der Waals surface area contributed by atoms with Crippen molar-refractivity contribution < 1.29 is 23.1 Å². The minimum atomic E-state index is -5.16. The first-order valence-electron chi connectivity index (χ1n) is 9.88. The smallest absolute Gasteiger partial charge is 0.419 e. The largest absolute Gasteiger partial charge is 0.492 e. The van der Waals surface area contributed by atoms with E-state index in [1.54, 1.807) is 0 Å². The lowest BCUT2D eigenvalue weighted by Crippen LogP contribution is -2.30. The molecule has 0 fully saturated rings. The lowest BCUT2D eigenvalue weighted by molar-refractivity contribution is -0.136. The highest BCUT2D eigenvalue weighted by Gasteiger charge is 2.42. The van der Waals surface area contributed by atoms with Crippen LogP contribution in [0.5, 0.6) is 5.88 Å². The molecule has 0 unspecified atom stereocenters. The molecule has 0 saturated heterocycles. The number of alkyl halides is 3. The number of unbranched alkanes of at least 4 members (excludes halogenated alkanes) is 1. The van der Waals surface area contributed by atoms with Crippen LogP contribution in [0, 0.1) is 0 Å². The van der Waals surface area contributed by atoms with Crippen molar-refractivity contribution in [3.8, 4) is 17.1 Å². The Hall–Kier alpha value is -3.97. The summed E-state index contributed by atoms with van der Waals surface area (Å²) in [4.78, 5) is 32.7. The normalized spacial score (nSPS) is 11.9. The van der Waals surface area contributed by atoms with Gasteiger partial charge in [-0.25, -0.2) is 4.57 Å². The number of hydrogen-bond donors (Lipinski definition) is 1. The first kappa shape index (κ1) is 23.7. The predicted molar refractivity (Wildman–Crippen MR) is 108 cm³/mol. The van der Waals surface area contributed by atoms with Crippen LogP contribution in [0.4, 0.5) is 24.8 Å². The third-order valence-corrected chi connectivity index (χ3v) is 4.57. The number of aryl methyl sites for hydroxylation is 1. The number of carbonyl (C=O) groups is 1. The van der Waals surface area contributed by atoms with Gasteiger partial charge in [-0.3, -0.25) is 24.1 Å². The van der Waals surface area contributed by atoms with Crippen molar-refractivity contribution in [2.45, 2.75) is 45.8 Å². The van der Waals surface area contributed by atoms with Crippen LogP contribution in [0.1, 0.15) is 43.5 Å². The Labute approximate surface area is 184 Å². The highest BCUT2D eigenvalue weighted by Crippen LogP contribution is 2.45. The molecule has 174 valence electrons. The molecule has 0 atom stereocenters. The Kier molecular flexibility index (Phi) is 6.94. The summed E-state index contributed by atoms with van der Waals surface area (Å²) < 4.78 is 44.1. The summed E-state index contributed by atoms with van der Waals surface area (Å²) >= 11 is 0. The first-order chi connectivity index (χ1) is 15.7. The van der Waals surface area contributed by atoms with Crippen molar-refractivity contribution in [3.63, 3.8) is 0 Å². The summed E-state index contributed by atoms with van der Waals surface area (Å²) in [6.45, 7) is 3.76. The van der Waals surface area contributed by atoms with Gasteiger partial charge in [0.25, 0.3) is 11.5 Å². The van der Waals surface area contributed by atoms with Crippen LogP contribution >= 0.6 is 0 Å². The Morgan fingerprint density at radius 2 is 1.97 bits per heavy atom. The Bertz CT molecular complexity index is 1240. The van der Waals surface area contributed by atoms with Gasteiger partial charge >= 0.3 is 6.18 Å². The summed E-state index contributed by atoms with van der Waals surface area (Å²) in [7, 11) is 0. The van der Waals surface area contributed by atoms with E-state index >= 15 is 0 Å². The standard InChI is InChI=1S/C19H19F3N8O3/c1-3-5-8-29-10-25-27-18(29)28-26-15-14(19(20,21)22)13(11-9-23-6-7-24-11)16(32)30(17(15)33)12(31)4-2/h6-7,9-10,33H,3-5,8H2,1-2H3. The predicted octanol–water partition coefficient (Wildman–Crippen LogP) is 3.89. The molecule has 0 aromatic carbocycles. The average molecular weight is 464 g/mol. The van der Waals surface area contributed by atoms with Crippen molar-refractivity contribution in [1.29, 1.82) is 0 Å². The van der Waals surface area contributed by atoms with E-state index in [1.165, 1.54) is 24.0 Å². The fourth-order valence-corrected chi connectivity index (χ4v) is 2.98. The van der Waals surface area contributed by atoms with Crippen LogP contribution < -0.4 is 5.56 Å². The number of carbonyl (C=O) groups excluding carboxylic acids is 1. The van der Waals surface area contributed by atoms with Crippen LogP contribution in [0.2, 0.25) is 0 Å². The second-order valence-electron chi connectivity index (χ2n) is 6.78. The number of rotatable bonds is 7. The maximum Gasteiger partial charge on any atom is 0.419 e. The van der Waals surface area contributed by atoms with Gasteiger partial charge in [-0.05, 0) is 6.42 Å². The van der Waals surface area contributed by atoms with Crippen LogP contribution in [-0.2, 0) is 12.7 Å². The van der Waals surface area contributed by atoms with Crippen LogP contribution in [0.15, 0.2) is 39.9 Å². The van der Waals surface area contributed by atoms with Crippen LogP contribution in [0.3, 0.4) is 0 Å². The molecule has 3 aromatic rings. The lowest BCUT2D eigenvalue weighted by Gasteiger charge is -2.18. The molecule has 11 nitrogen and oxygen atoms in total. The maximum atomic E-state index is 14.2. The molecule has 3 heterocycles. The maximum absolute atomic E-state index is 14.2. The first-order valence-corrected chi connectivity index (χ1v) is 9.88. The second-order valence-corrected chi connectivity index (χ2v) is 6.78. The van der Waals surface area contributed by atoms with Gasteiger partial charge < -0.3 is 5.11 Å². The highest BCUT2D eigenvalue weighted by atomic mass is 19.4. The molecule has 0 radical (unpaired) electrons. The monoisotopic (exact) mass is 464 g/mol. The number of hydrogen-bond acceptors (Lipinski definition) is 9. The summed E-state index contributed by atoms with van der Waals surface area (Å²) in [6, 6.07) is 0. The van der Waals surface area contributed by atoms with Gasteiger partial charge in [-0.2, -0.15) is 13.2 Å². The fraction of sp³-hybridized carbons (Fsp3) is 0.368. The fourth-order valence-electron chi connectivity index (χ4n) is 2.98. The average Bonchev–Trinajstić information content (AvgIpc) is 3.23. The van der Waals surface area contributed by atoms with Gasteiger partial charge in [-0.1, -0.05) is 20.3 Å². The second kappa shape index (κ2) is 9.67. The molecular formula is C19H19F3N8O3. The van der Waals surface area contributed by atoms with Gasteiger partial charge in [0.1, 0.15) is 11.9 Å². The van der Waals surface area contributed by atoms with Crippen molar-refractivity contribution in [3.05, 3.63) is 40.8 Å². The summed E-state index contributed by atoms with van der Waals surface area (Å²) in [5.41, 5.74) is -5.58. The Balaban J connectivity index is 2.34. The molecule has 0 bridgehead atoms. The quantitative estimate of drug-likeness (QED) is 0.523. The zero-order chi connectivity index (χ0) is 24.2. The van der Waals surface area contributed by atoms with E-state index in [1.807, 2.05) is 6.92 Å². The highest BCUT2D eigenvalue weighted by molar-refractivity contribution is 5.85. The van der Waals surface area contributed by atoms with Crippen LogP contribution in [-0.4, -0.2) is 40.3 Å².